The van der Waals surface area contributed by atoms with Gasteiger partial charge in [0.05, 0.1) is 0 Å². The highest BCUT2D eigenvalue weighted by molar-refractivity contribution is 5.84. The molecule has 0 bridgehead atoms. The van der Waals surface area contributed by atoms with Gasteiger partial charge in [0.2, 0.25) is 0 Å². The average Bonchev–Trinajstić information content (AvgIpc) is 2.58. The quantitative estimate of drug-likeness (QED) is 0.794. The van der Waals surface area contributed by atoms with E-state index in [9.17, 15) is 9.59 Å². The van der Waals surface area contributed by atoms with Gasteiger partial charge in [-0.3, -0.25) is 9.59 Å². The van der Waals surface area contributed by atoms with Gasteiger partial charge < -0.3 is 14.8 Å². The van der Waals surface area contributed by atoms with E-state index >= 15 is 0 Å². The van der Waals surface area contributed by atoms with Gasteiger partial charge >= 0.3 is 5.97 Å². The van der Waals surface area contributed by atoms with E-state index in [1.165, 1.54) is 0 Å². The minimum absolute atomic E-state index is 0.185. The Morgan fingerprint density at radius 1 is 1.08 bits per heavy atom. The monoisotopic (exact) mass is 327 g/mol. The molecule has 0 aliphatic carbocycles. The van der Waals surface area contributed by atoms with E-state index < -0.39 is 12.1 Å². The summed E-state index contributed by atoms with van der Waals surface area (Å²) < 4.78 is 10.7. The van der Waals surface area contributed by atoms with Crippen molar-refractivity contribution < 1.29 is 19.1 Å². The maximum atomic E-state index is 12.0. The number of nitrogens with one attached hydrogen (secondary N) is 1. The molecular formula is C19H21NO4. The molecule has 1 amide bonds. The van der Waals surface area contributed by atoms with Gasteiger partial charge in [0.1, 0.15) is 18.9 Å². The Balaban J connectivity index is 1.72. The number of hydrogen-bond acceptors (Lipinski definition) is 4. The molecule has 0 heterocycles. The second kappa shape index (κ2) is 8.72. The largest absolute Gasteiger partial charge is 0.481 e. The lowest BCUT2D eigenvalue weighted by atomic mass is 10.2. The van der Waals surface area contributed by atoms with E-state index in [0.29, 0.717) is 5.75 Å². The average molecular weight is 327 g/mol. The van der Waals surface area contributed by atoms with Gasteiger partial charge in [0, 0.05) is 0 Å². The SMILES string of the molecule is Cc1cccc(O[C@@H](C)C(=O)NCC(=O)OCc2ccccc2)c1. The third-order valence-electron chi connectivity index (χ3n) is 3.32. The highest BCUT2D eigenvalue weighted by atomic mass is 16.5. The minimum Gasteiger partial charge on any atom is -0.481 e. The molecule has 0 fully saturated rings. The molecule has 0 aromatic heterocycles. The summed E-state index contributed by atoms with van der Waals surface area (Å²) in [7, 11) is 0. The van der Waals surface area contributed by atoms with E-state index in [1.54, 1.807) is 13.0 Å². The van der Waals surface area contributed by atoms with Gasteiger partial charge in [-0.15, -0.1) is 0 Å². The van der Waals surface area contributed by atoms with Gasteiger partial charge in [0.25, 0.3) is 5.91 Å². The van der Waals surface area contributed by atoms with Crippen molar-refractivity contribution in [3.63, 3.8) is 0 Å². The molecule has 2 rings (SSSR count). The van der Waals surface area contributed by atoms with Gasteiger partial charge in [0.15, 0.2) is 6.10 Å². The molecule has 1 atom stereocenters. The number of rotatable bonds is 7. The number of esters is 1. The molecule has 0 saturated heterocycles. The van der Waals surface area contributed by atoms with Gasteiger partial charge in [-0.2, -0.15) is 0 Å². The maximum Gasteiger partial charge on any atom is 0.325 e. The van der Waals surface area contributed by atoms with Crippen LogP contribution in [0.5, 0.6) is 5.75 Å². The summed E-state index contributed by atoms with van der Waals surface area (Å²) in [6.07, 6.45) is -0.700. The van der Waals surface area contributed by atoms with Crippen molar-refractivity contribution in [3.8, 4) is 5.75 Å². The van der Waals surface area contributed by atoms with Gasteiger partial charge in [-0.05, 0) is 37.1 Å². The molecule has 2 aromatic rings. The third-order valence-corrected chi connectivity index (χ3v) is 3.32. The first-order valence-corrected chi connectivity index (χ1v) is 7.75. The molecule has 0 aliphatic heterocycles. The van der Waals surface area contributed by atoms with Crippen molar-refractivity contribution in [3.05, 3.63) is 65.7 Å². The Bertz CT molecular complexity index is 685. The van der Waals surface area contributed by atoms with Crippen LogP contribution in [0, 0.1) is 6.92 Å². The lowest BCUT2D eigenvalue weighted by Gasteiger charge is -2.14. The Hall–Kier alpha value is -2.82. The highest BCUT2D eigenvalue weighted by Gasteiger charge is 2.16. The van der Waals surface area contributed by atoms with E-state index in [1.807, 2.05) is 55.5 Å². The summed E-state index contributed by atoms with van der Waals surface area (Å²) in [6, 6.07) is 16.8. The third kappa shape index (κ3) is 5.76. The summed E-state index contributed by atoms with van der Waals surface area (Å²) in [5.74, 6) is -0.243. The molecule has 5 nitrogen and oxygen atoms in total. The molecule has 0 saturated carbocycles. The zero-order valence-electron chi connectivity index (χ0n) is 13.8. The number of benzene rings is 2. The van der Waals surface area contributed by atoms with Crippen LogP contribution >= 0.6 is 0 Å². The predicted octanol–water partition coefficient (Wildman–Crippen LogP) is 2.62. The number of aryl methyl sites for hydroxylation is 1. The van der Waals surface area contributed by atoms with Crippen LogP contribution in [0.15, 0.2) is 54.6 Å². The first-order chi connectivity index (χ1) is 11.5. The molecule has 24 heavy (non-hydrogen) atoms. The summed E-state index contributed by atoms with van der Waals surface area (Å²) in [4.78, 5) is 23.6. The van der Waals surface area contributed by atoms with Crippen molar-refractivity contribution >= 4 is 11.9 Å². The summed E-state index contributed by atoms with van der Waals surface area (Å²) >= 11 is 0. The molecule has 0 spiro atoms. The van der Waals surface area contributed by atoms with Crippen LogP contribution in [-0.4, -0.2) is 24.5 Å². The smallest absolute Gasteiger partial charge is 0.325 e. The highest BCUT2D eigenvalue weighted by Crippen LogP contribution is 2.14. The van der Waals surface area contributed by atoms with Crippen molar-refractivity contribution in [2.45, 2.75) is 26.6 Å². The topological polar surface area (TPSA) is 64.6 Å². The zero-order valence-corrected chi connectivity index (χ0v) is 13.8. The number of ether oxygens (including phenoxy) is 2. The second-order valence-electron chi connectivity index (χ2n) is 5.44. The summed E-state index contributed by atoms with van der Waals surface area (Å²) in [5.41, 5.74) is 1.94. The van der Waals surface area contributed by atoms with Crippen LogP contribution in [0.3, 0.4) is 0 Å². The standard InChI is InChI=1S/C19H21NO4/c1-14-7-6-10-17(11-14)24-15(2)19(22)20-12-18(21)23-13-16-8-4-3-5-9-16/h3-11,15H,12-13H2,1-2H3,(H,20,22)/t15-/m0/s1. The first kappa shape index (κ1) is 17.5. The lowest BCUT2D eigenvalue weighted by molar-refractivity contribution is -0.145. The molecule has 5 heteroatoms. The van der Waals surface area contributed by atoms with Crippen LogP contribution in [0.2, 0.25) is 0 Å². The van der Waals surface area contributed by atoms with Crippen LogP contribution in [0.4, 0.5) is 0 Å². The maximum absolute atomic E-state index is 12.0. The van der Waals surface area contributed by atoms with E-state index in [0.717, 1.165) is 11.1 Å². The molecule has 126 valence electrons. The Morgan fingerprint density at radius 2 is 1.83 bits per heavy atom. The molecule has 1 N–H and O–H groups in total. The van der Waals surface area contributed by atoms with E-state index in [2.05, 4.69) is 5.32 Å². The molecule has 0 aliphatic rings. The Kier molecular flexibility index (Phi) is 6.37. The lowest BCUT2D eigenvalue weighted by Crippen LogP contribution is -2.39. The Labute approximate surface area is 141 Å². The fraction of sp³-hybridized carbons (Fsp3) is 0.263. The van der Waals surface area contributed by atoms with Crippen LogP contribution in [0.1, 0.15) is 18.1 Å². The first-order valence-electron chi connectivity index (χ1n) is 7.75. The molecule has 0 unspecified atom stereocenters. The van der Waals surface area contributed by atoms with Crippen LogP contribution in [0.25, 0.3) is 0 Å². The number of carbonyl (C=O) groups excluding carboxylic acids is 2. The summed E-state index contributed by atoms with van der Waals surface area (Å²) in [5, 5.41) is 2.51. The van der Waals surface area contributed by atoms with Gasteiger partial charge in [-0.1, -0.05) is 42.5 Å². The number of hydrogen-bond donors (Lipinski definition) is 1. The van der Waals surface area contributed by atoms with Crippen molar-refractivity contribution in [2.24, 2.45) is 0 Å². The number of amides is 1. The normalized spacial score (nSPS) is 11.4. The van der Waals surface area contributed by atoms with Crippen molar-refractivity contribution in [2.75, 3.05) is 6.54 Å². The summed E-state index contributed by atoms with van der Waals surface area (Å²) in [6.45, 7) is 3.57. The molecule has 2 aromatic carbocycles. The fourth-order valence-electron chi connectivity index (χ4n) is 2.04. The minimum atomic E-state index is -0.700. The Morgan fingerprint density at radius 3 is 2.54 bits per heavy atom. The predicted molar refractivity (Wildman–Crippen MR) is 90.5 cm³/mol. The second-order valence-corrected chi connectivity index (χ2v) is 5.44. The molecular weight excluding hydrogens is 306 g/mol. The van der Waals surface area contributed by atoms with Crippen molar-refractivity contribution in [1.82, 2.24) is 5.32 Å². The fourth-order valence-corrected chi connectivity index (χ4v) is 2.04. The number of carbonyl (C=O) groups is 2. The van der Waals surface area contributed by atoms with Crippen LogP contribution in [-0.2, 0) is 20.9 Å². The van der Waals surface area contributed by atoms with Crippen LogP contribution < -0.4 is 10.1 Å². The van der Waals surface area contributed by atoms with E-state index in [-0.39, 0.29) is 19.1 Å². The zero-order chi connectivity index (χ0) is 17.4. The van der Waals surface area contributed by atoms with Gasteiger partial charge in [-0.25, -0.2) is 0 Å². The van der Waals surface area contributed by atoms with Crippen molar-refractivity contribution in [1.29, 1.82) is 0 Å². The van der Waals surface area contributed by atoms with E-state index in [4.69, 9.17) is 9.47 Å². The molecule has 0 radical (unpaired) electrons.